The Morgan fingerprint density at radius 3 is 2.11 bits per heavy atom. The quantitative estimate of drug-likeness (QED) is 0.142. The number of fused-ring (bicyclic) bond motifs is 1. The van der Waals surface area contributed by atoms with Gasteiger partial charge in [-0.25, -0.2) is 0 Å². The van der Waals surface area contributed by atoms with Crippen molar-refractivity contribution in [1.29, 1.82) is 0 Å². The van der Waals surface area contributed by atoms with Crippen molar-refractivity contribution in [1.82, 2.24) is 0 Å². The molecule has 0 bridgehead atoms. The first-order chi connectivity index (χ1) is 18.3. The van der Waals surface area contributed by atoms with E-state index in [1.807, 2.05) is 100 Å². The van der Waals surface area contributed by atoms with Crippen molar-refractivity contribution in [2.45, 2.75) is 46.2 Å². The third-order valence-electron chi connectivity index (χ3n) is 5.73. The molecule has 4 aromatic rings. The van der Waals surface area contributed by atoms with Crippen molar-refractivity contribution >= 4 is 22.6 Å². The van der Waals surface area contributed by atoms with Crippen LogP contribution in [-0.2, 0) is 0 Å². The highest BCUT2D eigenvalue weighted by atomic mass is 16.5. The Hall–Kier alpha value is -4.26. The van der Waals surface area contributed by atoms with Gasteiger partial charge in [0.25, 0.3) is 0 Å². The van der Waals surface area contributed by atoms with Gasteiger partial charge in [-0.05, 0) is 76.2 Å². The molecule has 4 rings (SSSR count). The van der Waals surface area contributed by atoms with Crippen LogP contribution in [0.5, 0.6) is 11.5 Å². The van der Waals surface area contributed by atoms with Gasteiger partial charge in [0.1, 0.15) is 34.5 Å². The standard InChI is InChI=1S/C31H36N4O3/c1-20(2)34-30(32)22-12-14-25(15-13-22)36-16-7-17-37-27-9-6-5-8-26(27)29-18-23-10-11-24(19-28(23)38-29)31(33)35-21(3)4/h5-6,8-15,18-21H,7,16-17H2,1-4H3,(H2,32,34)(H2,33,35). The summed E-state index contributed by atoms with van der Waals surface area (Å²) in [4.78, 5) is 8.81. The molecule has 0 fully saturated rings. The fraction of sp³-hybridized carbons (Fsp3) is 0.290. The summed E-state index contributed by atoms with van der Waals surface area (Å²) in [5.41, 5.74) is 15.6. The third-order valence-corrected chi connectivity index (χ3v) is 5.73. The van der Waals surface area contributed by atoms with Crippen molar-refractivity contribution in [3.05, 3.63) is 83.9 Å². The van der Waals surface area contributed by atoms with Crippen LogP contribution in [0, 0.1) is 0 Å². The first kappa shape index (κ1) is 26.8. The second kappa shape index (κ2) is 12.3. The van der Waals surface area contributed by atoms with Crippen molar-refractivity contribution in [2.24, 2.45) is 21.5 Å². The summed E-state index contributed by atoms with van der Waals surface area (Å²) in [6, 6.07) is 23.7. The fourth-order valence-electron chi connectivity index (χ4n) is 3.98. The molecule has 0 atom stereocenters. The number of rotatable bonds is 11. The molecule has 38 heavy (non-hydrogen) atoms. The van der Waals surface area contributed by atoms with Gasteiger partial charge in [0.15, 0.2) is 0 Å². The molecule has 0 saturated heterocycles. The molecule has 0 aliphatic carbocycles. The molecule has 4 N–H and O–H groups in total. The van der Waals surface area contributed by atoms with Gasteiger partial charge >= 0.3 is 0 Å². The summed E-state index contributed by atoms with van der Waals surface area (Å²) in [5, 5.41) is 0.993. The highest BCUT2D eigenvalue weighted by molar-refractivity contribution is 6.00. The highest BCUT2D eigenvalue weighted by Gasteiger charge is 2.13. The molecule has 0 amide bonds. The van der Waals surface area contributed by atoms with E-state index in [-0.39, 0.29) is 12.1 Å². The number of ether oxygens (including phenoxy) is 2. The molecule has 0 unspecified atom stereocenters. The van der Waals surface area contributed by atoms with Gasteiger partial charge in [-0.3, -0.25) is 9.98 Å². The van der Waals surface area contributed by atoms with Gasteiger partial charge in [0.2, 0.25) is 0 Å². The molecular weight excluding hydrogens is 476 g/mol. The van der Waals surface area contributed by atoms with Crippen LogP contribution in [0.1, 0.15) is 45.2 Å². The molecule has 1 heterocycles. The topological polar surface area (TPSA) is 108 Å². The van der Waals surface area contributed by atoms with Gasteiger partial charge in [0, 0.05) is 35.0 Å². The second-order valence-corrected chi connectivity index (χ2v) is 9.65. The molecule has 0 saturated carbocycles. The van der Waals surface area contributed by atoms with Crippen LogP contribution >= 0.6 is 0 Å². The van der Waals surface area contributed by atoms with Gasteiger partial charge in [0.05, 0.1) is 18.8 Å². The van der Waals surface area contributed by atoms with Crippen molar-refractivity contribution < 1.29 is 13.9 Å². The Labute approximate surface area is 224 Å². The predicted molar refractivity (Wildman–Crippen MR) is 155 cm³/mol. The van der Waals surface area contributed by atoms with Crippen LogP contribution < -0.4 is 20.9 Å². The Kier molecular flexibility index (Phi) is 8.69. The summed E-state index contributed by atoms with van der Waals surface area (Å²) < 4.78 is 18.2. The van der Waals surface area contributed by atoms with Crippen molar-refractivity contribution in [3.63, 3.8) is 0 Å². The van der Waals surface area contributed by atoms with Gasteiger partial charge in [-0.1, -0.05) is 24.3 Å². The third kappa shape index (κ3) is 6.94. The van der Waals surface area contributed by atoms with E-state index in [0.29, 0.717) is 24.9 Å². The van der Waals surface area contributed by atoms with E-state index in [4.69, 9.17) is 25.4 Å². The lowest BCUT2D eigenvalue weighted by Gasteiger charge is -2.11. The molecule has 0 aliphatic rings. The normalized spacial score (nSPS) is 12.5. The number of hydrogen-bond donors (Lipinski definition) is 2. The lowest BCUT2D eigenvalue weighted by atomic mass is 10.1. The summed E-state index contributed by atoms with van der Waals surface area (Å²) in [6.07, 6.45) is 0.727. The molecule has 0 spiro atoms. The summed E-state index contributed by atoms with van der Waals surface area (Å²) in [7, 11) is 0. The van der Waals surface area contributed by atoms with Crippen LogP contribution in [0.25, 0.3) is 22.3 Å². The molecule has 7 nitrogen and oxygen atoms in total. The van der Waals surface area contributed by atoms with E-state index in [1.54, 1.807) is 0 Å². The molecule has 0 radical (unpaired) electrons. The number of aliphatic imine (C=N–C) groups is 2. The second-order valence-electron chi connectivity index (χ2n) is 9.65. The maximum Gasteiger partial charge on any atom is 0.139 e. The minimum absolute atomic E-state index is 0.127. The zero-order chi connectivity index (χ0) is 27.1. The Balaban J connectivity index is 1.36. The first-order valence-electron chi connectivity index (χ1n) is 13.0. The molecule has 3 aromatic carbocycles. The predicted octanol–water partition coefficient (Wildman–Crippen LogP) is 6.18. The van der Waals surface area contributed by atoms with Crippen molar-refractivity contribution in [2.75, 3.05) is 13.2 Å². The van der Waals surface area contributed by atoms with E-state index in [0.717, 1.165) is 51.3 Å². The van der Waals surface area contributed by atoms with E-state index in [2.05, 4.69) is 9.98 Å². The van der Waals surface area contributed by atoms with Crippen LogP contribution in [0.15, 0.2) is 87.2 Å². The highest BCUT2D eigenvalue weighted by Crippen LogP contribution is 2.34. The van der Waals surface area contributed by atoms with Crippen LogP contribution in [0.2, 0.25) is 0 Å². The van der Waals surface area contributed by atoms with E-state index in [9.17, 15) is 0 Å². The van der Waals surface area contributed by atoms with Crippen LogP contribution in [-0.4, -0.2) is 37.0 Å². The minimum Gasteiger partial charge on any atom is -0.493 e. The van der Waals surface area contributed by atoms with E-state index >= 15 is 0 Å². The van der Waals surface area contributed by atoms with Gasteiger partial charge < -0.3 is 25.4 Å². The van der Waals surface area contributed by atoms with Gasteiger partial charge in [-0.15, -0.1) is 0 Å². The average molecular weight is 513 g/mol. The number of hydrogen-bond acceptors (Lipinski definition) is 5. The number of benzene rings is 3. The zero-order valence-corrected chi connectivity index (χ0v) is 22.5. The Morgan fingerprint density at radius 2 is 1.39 bits per heavy atom. The Morgan fingerprint density at radius 1 is 0.763 bits per heavy atom. The number of nitrogens with zero attached hydrogens (tertiary/aromatic N) is 2. The molecule has 7 heteroatoms. The molecule has 0 aliphatic heterocycles. The number of amidine groups is 2. The minimum atomic E-state index is 0.127. The lowest BCUT2D eigenvalue weighted by Crippen LogP contribution is -2.15. The molecule has 198 valence electrons. The lowest BCUT2D eigenvalue weighted by molar-refractivity contribution is 0.248. The largest absolute Gasteiger partial charge is 0.493 e. The monoisotopic (exact) mass is 512 g/mol. The fourth-order valence-corrected chi connectivity index (χ4v) is 3.98. The summed E-state index contributed by atoms with van der Waals surface area (Å²) >= 11 is 0. The van der Waals surface area contributed by atoms with E-state index in [1.165, 1.54) is 0 Å². The zero-order valence-electron chi connectivity index (χ0n) is 22.5. The van der Waals surface area contributed by atoms with Crippen LogP contribution in [0.4, 0.5) is 0 Å². The smallest absolute Gasteiger partial charge is 0.139 e. The molecular formula is C31H36N4O3. The van der Waals surface area contributed by atoms with Crippen molar-refractivity contribution in [3.8, 4) is 22.8 Å². The summed E-state index contributed by atoms with van der Waals surface area (Å²) in [5.74, 6) is 3.33. The number of nitrogens with two attached hydrogens (primary N) is 2. The van der Waals surface area contributed by atoms with E-state index < -0.39 is 0 Å². The number of para-hydroxylation sites is 1. The number of furan rings is 1. The first-order valence-corrected chi connectivity index (χ1v) is 13.0. The Bertz CT molecular complexity index is 1420. The molecule has 1 aromatic heterocycles. The summed E-state index contributed by atoms with van der Waals surface area (Å²) in [6.45, 7) is 9.03. The van der Waals surface area contributed by atoms with Gasteiger partial charge in [-0.2, -0.15) is 0 Å². The van der Waals surface area contributed by atoms with Crippen LogP contribution in [0.3, 0.4) is 0 Å². The SMILES string of the molecule is CC(C)N=C(N)c1ccc(OCCCOc2ccccc2-c2cc3ccc(C(N)=NC(C)C)cc3o2)cc1. The maximum absolute atomic E-state index is 6.19. The maximum atomic E-state index is 6.19. The average Bonchev–Trinajstić information content (AvgIpc) is 3.31.